The van der Waals surface area contributed by atoms with Gasteiger partial charge in [0.15, 0.2) is 11.5 Å². The first-order valence-corrected chi connectivity index (χ1v) is 6.99. The zero-order valence-electron chi connectivity index (χ0n) is 11.3. The highest BCUT2D eigenvalue weighted by atomic mass is 35.5. The highest BCUT2D eigenvalue weighted by Gasteiger charge is 2.15. The lowest BCUT2D eigenvalue weighted by Crippen LogP contribution is -2.15. The van der Waals surface area contributed by atoms with Gasteiger partial charge in [-0.15, -0.1) is 0 Å². The first-order chi connectivity index (χ1) is 9.74. The fourth-order valence-electron chi connectivity index (χ4n) is 2.20. The van der Waals surface area contributed by atoms with Gasteiger partial charge in [0.25, 0.3) is 0 Å². The molecule has 0 bridgehead atoms. The Morgan fingerprint density at radius 1 is 1.10 bits per heavy atom. The number of aryl methyl sites for hydroxylation is 1. The van der Waals surface area contributed by atoms with Gasteiger partial charge in [0.1, 0.15) is 13.2 Å². The van der Waals surface area contributed by atoms with Gasteiger partial charge in [-0.25, -0.2) is 0 Å². The second kappa shape index (κ2) is 5.63. The Morgan fingerprint density at radius 2 is 1.80 bits per heavy atom. The molecule has 0 aliphatic carbocycles. The summed E-state index contributed by atoms with van der Waals surface area (Å²) in [6, 6.07) is 12.0. The quantitative estimate of drug-likeness (QED) is 0.925. The summed E-state index contributed by atoms with van der Waals surface area (Å²) in [5.41, 5.74) is 3.37. The number of halogens is 1. The molecule has 0 spiro atoms. The standard InChI is InChI=1S/C16H16ClNO2/c1-11-4-2-3-5-12(11)10-18-14-9-16-15(8-13(14)17)19-6-7-20-16/h2-5,8-9,18H,6-7,10H2,1H3. The topological polar surface area (TPSA) is 30.5 Å². The van der Waals surface area contributed by atoms with Crippen LogP contribution in [0.4, 0.5) is 5.69 Å². The predicted molar refractivity (Wildman–Crippen MR) is 80.9 cm³/mol. The summed E-state index contributed by atoms with van der Waals surface area (Å²) < 4.78 is 11.1. The Morgan fingerprint density at radius 3 is 2.55 bits per heavy atom. The number of benzene rings is 2. The molecule has 1 aliphatic heterocycles. The minimum absolute atomic E-state index is 0.569. The number of fused-ring (bicyclic) bond motifs is 1. The lowest BCUT2D eigenvalue weighted by atomic mass is 10.1. The predicted octanol–water partition coefficient (Wildman–Crippen LogP) is 4.03. The van der Waals surface area contributed by atoms with Gasteiger partial charge in [-0.1, -0.05) is 35.9 Å². The number of ether oxygens (including phenoxy) is 2. The van der Waals surface area contributed by atoms with Crippen molar-refractivity contribution in [2.24, 2.45) is 0 Å². The molecule has 20 heavy (non-hydrogen) atoms. The van der Waals surface area contributed by atoms with E-state index in [1.54, 1.807) is 6.07 Å². The Hall–Kier alpha value is -1.87. The lowest BCUT2D eigenvalue weighted by Gasteiger charge is -2.20. The molecule has 4 heteroatoms. The van der Waals surface area contributed by atoms with Crippen LogP contribution in [0.3, 0.4) is 0 Å². The Bertz CT molecular complexity index is 628. The van der Waals surface area contributed by atoms with Gasteiger partial charge < -0.3 is 14.8 Å². The molecule has 104 valence electrons. The largest absolute Gasteiger partial charge is 0.486 e. The van der Waals surface area contributed by atoms with Gasteiger partial charge >= 0.3 is 0 Å². The second-order valence-corrected chi connectivity index (χ2v) is 5.16. The average molecular weight is 290 g/mol. The first kappa shape index (κ1) is 13.1. The second-order valence-electron chi connectivity index (χ2n) is 4.76. The van der Waals surface area contributed by atoms with Gasteiger partial charge in [-0.05, 0) is 18.1 Å². The highest BCUT2D eigenvalue weighted by Crippen LogP contribution is 2.38. The van der Waals surface area contributed by atoms with E-state index in [2.05, 4.69) is 24.4 Å². The molecule has 0 saturated carbocycles. The number of rotatable bonds is 3. The normalized spacial score (nSPS) is 13.1. The maximum absolute atomic E-state index is 6.27. The van der Waals surface area contributed by atoms with Crippen molar-refractivity contribution in [1.82, 2.24) is 0 Å². The zero-order valence-corrected chi connectivity index (χ0v) is 12.0. The molecule has 0 amide bonds. The number of hydrogen-bond acceptors (Lipinski definition) is 3. The molecule has 2 aromatic carbocycles. The maximum Gasteiger partial charge on any atom is 0.163 e. The van der Waals surface area contributed by atoms with Crippen molar-refractivity contribution >= 4 is 17.3 Å². The molecule has 0 aromatic heterocycles. The Labute approximate surface area is 123 Å². The first-order valence-electron chi connectivity index (χ1n) is 6.61. The monoisotopic (exact) mass is 289 g/mol. The third kappa shape index (κ3) is 2.68. The fourth-order valence-corrected chi connectivity index (χ4v) is 2.42. The summed E-state index contributed by atoms with van der Waals surface area (Å²) in [6.07, 6.45) is 0. The Balaban J connectivity index is 1.79. The van der Waals surface area contributed by atoms with Crippen LogP contribution >= 0.6 is 11.6 Å². The molecule has 3 rings (SSSR count). The van der Waals surface area contributed by atoms with E-state index >= 15 is 0 Å². The van der Waals surface area contributed by atoms with Crippen LogP contribution in [0.5, 0.6) is 11.5 Å². The SMILES string of the molecule is Cc1ccccc1CNc1cc2c(cc1Cl)OCCO2. The van der Waals surface area contributed by atoms with Crippen LogP contribution in [0, 0.1) is 6.92 Å². The third-order valence-electron chi connectivity index (χ3n) is 3.36. The highest BCUT2D eigenvalue weighted by molar-refractivity contribution is 6.33. The lowest BCUT2D eigenvalue weighted by molar-refractivity contribution is 0.171. The van der Waals surface area contributed by atoms with Crippen LogP contribution < -0.4 is 14.8 Å². The molecule has 1 aliphatic rings. The van der Waals surface area contributed by atoms with Gasteiger partial charge in [0.2, 0.25) is 0 Å². The van der Waals surface area contributed by atoms with Crippen LogP contribution in [0.15, 0.2) is 36.4 Å². The number of hydrogen-bond donors (Lipinski definition) is 1. The van der Waals surface area contributed by atoms with E-state index in [-0.39, 0.29) is 0 Å². The third-order valence-corrected chi connectivity index (χ3v) is 3.68. The van der Waals surface area contributed by atoms with E-state index in [0.29, 0.717) is 24.0 Å². The van der Waals surface area contributed by atoms with E-state index in [1.165, 1.54) is 11.1 Å². The average Bonchev–Trinajstić information content (AvgIpc) is 2.46. The summed E-state index contributed by atoms with van der Waals surface area (Å²) in [5.74, 6) is 1.45. The fraction of sp³-hybridized carbons (Fsp3) is 0.250. The van der Waals surface area contributed by atoms with E-state index in [9.17, 15) is 0 Å². The summed E-state index contributed by atoms with van der Waals surface area (Å²) in [4.78, 5) is 0. The van der Waals surface area contributed by atoms with Crippen LogP contribution in [0.25, 0.3) is 0 Å². The molecular weight excluding hydrogens is 274 g/mol. The van der Waals surface area contributed by atoms with Crippen molar-refractivity contribution < 1.29 is 9.47 Å². The molecule has 0 unspecified atom stereocenters. The van der Waals surface area contributed by atoms with Crippen molar-refractivity contribution in [2.75, 3.05) is 18.5 Å². The smallest absolute Gasteiger partial charge is 0.163 e. The van der Waals surface area contributed by atoms with Gasteiger partial charge in [-0.3, -0.25) is 0 Å². The van der Waals surface area contributed by atoms with E-state index in [1.807, 2.05) is 18.2 Å². The summed E-state index contributed by atoms with van der Waals surface area (Å²) >= 11 is 6.27. The molecule has 0 radical (unpaired) electrons. The van der Waals surface area contributed by atoms with Crippen LogP contribution in [0.1, 0.15) is 11.1 Å². The van der Waals surface area contributed by atoms with Crippen molar-refractivity contribution in [3.8, 4) is 11.5 Å². The summed E-state index contributed by atoms with van der Waals surface area (Å²) in [5, 5.41) is 3.99. The van der Waals surface area contributed by atoms with Crippen LogP contribution in [-0.4, -0.2) is 13.2 Å². The molecule has 0 atom stereocenters. The summed E-state index contributed by atoms with van der Waals surface area (Å²) in [6.45, 7) is 3.97. The van der Waals surface area contributed by atoms with Gasteiger partial charge in [-0.2, -0.15) is 0 Å². The molecule has 0 saturated heterocycles. The minimum Gasteiger partial charge on any atom is -0.486 e. The molecule has 1 heterocycles. The van der Waals surface area contributed by atoms with Crippen molar-refractivity contribution in [2.45, 2.75) is 13.5 Å². The Kier molecular flexibility index (Phi) is 3.70. The molecule has 1 N–H and O–H groups in total. The van der Waals surface area contributed by atoms with Crippen LogP contribution in [-0.2, 0) is 6.54 Å². The van der Waals surface area contributed by atoms with E-state index in [4.69, 9.17) is 21.1 Å². The zero-order chi connectivity index (χ0) is 13.9. The number of anilines is 1. The van der Waals surface area contributed by atoms with Crippen molar-refractivity contribution in [1.29, 1.82) is 0 Å². The molecule has 0 fully saturated rings. The van der Waals surface area contributed by atoms with Crippen LogP contribution in [0.2, 0.25) is 5.02 Å². The van der Waals surface area contributed by atoms with Gasteiger partial charge in [0.05, 0.1) is 10.7 Å². The van der Waals surface area contributed by atoms with E-state index in [0.717, 1.165) is 18.0 Å². The number of nitrogens with one attached hydrogen (secondary N) is 1. The summed E-state index contributed by atoms with van der Waals surface area (Å²) in [7, 11) is 0. The van der Waals surface area contributed by atoms with E-state index < -0.39 is 0 Å². The van der Waals surface area contributed by atoms with Gasteiger partial charge in [0, 0.05) is 18.7 Å². The molecular formula is C16H16ClNO2. The van der Waals surface area contributed by atoms with Crippen molar-refractivity contribution in [3.63, 3.8) is 0 Å². The minimum atomic E-state index is 0.569. The molecule has 2 aromatic rings. The van der Waals surface area contributed by atoms with Crippen molar-refractivity contribution in [3.05, 3.63) is 52.5 Å². The molecule has 3 nitrogen and oxygen atoms in total. The maximum atomic E-state index is 6.27.